The van der Waals surface area contributed by atoms with Gasteiger partial charge in [0.2, 0.25) is 17.7 Å². The number of hydrogen-bond donors (Lipinski definition) is 2. The molecule has 0 spiro atoms. The largest absolute Gasteiger partial charge is 0.494 e. The molecule has 2 aromatic heterocycles. The molecule has 58 heavy (non-hydrogen) atoms. The Kier molecular flexibility index (Phi) is 14.2. The van der Waals surface area contributed by atoms with Crippen molar-refractivity contribution in [3.63, 3.8) is 0 Å². The average molecular weight is 805 g/mol. The highest BCUT2D eigenvalue weighted by Gasteiger charge is 2.41. The van der Waals surface area contributed by atoms with E-state index in [1.165, 1.54) is 0 Å². The zero-order valence-corrected chi connectivity index (χ0v) is 35.4. The second-order valence-corrected chi connectivity index (χ2v) is 17.0. The Labute approximate surface area is 346 Å². The maximum absolute atomic E-state index is 13.9. The Morgan fingerprint density at radius 3 is 2.38 bits per heavy atom. The van der Waals surface area contributed by atoms with Gasteiger partial charge in [-0.15, -0.1) is 11.3 Å². The summed E-state index contributed by atoms with van der Waals surface area (Å²) in [4.78, 5) is 54.3. The molecule has 1 unspecified atom stereocenters. The molecule has 1 fully saturated rings. The maximum Gasteiger partial charge on any atom is 0.246 e. The Balaban J connectivity index is 0.891. The van der Waals surface area contributed by atoms with Gasteiger partial charge in [-0.25, -0.2) is 9.97 Å². The summed E-state index contributed by atoms with van der Waals surface area (Å²) in [6.07, 6.45) is 3.80. The number of benzene rings is 3. The molecule has 0 bridgehead atoms. The van der Waals surface area contributed by atoms with Crippen LogP contribution < -0.4 is 20.3 Å². The van der Waals surface area contributed by atoms with Crippen LogP contribution in [-0.4, -0.2) is 85.1 Å². The highest BCUT2D eigenvalue weighted by Crippen LogP contribution is 2.29. The molecule has 5 aromatic rings. The van der Waals surface area contributed by atoms with Gasteiger partial charge in [0.1, 0.15) is 24.4 Å². The summed E-state index contributed by atoms with van der Waals surface area (Å²) in [5, 5.41) is 6.96. The van der Waals surface area contributed by atoms with E-state index in [-0.39, 0.29) is 24.3 Å². The molecule has 11 nitrogen and oxygen atoms in total. The third-order valence-corrected chi connectivity index (χ3v) is 11.4. The second-order valence-electron chi connectivity index (χ2n) is 16.2. The van der Waals surface area contributed by atoms with Crippen LogP contribution in [0.4, 0.5) is 5.69 Å². The van der Waals surface area contributed by atoms with Gasteiger partial charge >= 0.3 is 0 Å². The number of carbonyl (C=O) groups is 3. The Morgan fingerprint density at radius 1 is 0.931 bits per heavy atom. The minimum atomic E-state index is -0.801. The molecule has 2 N–H and O–H groups in total. The van der Waals surface area contributed by atoms with Crippen molar-refractivity contribution < 1.29 is 23.9 Å². The number of likely N-dealkylation sites (tertiary alicyclic amines) is 1. The molecule has 3 amide bonds. The number of hydrogen-bond acceptors (Lipinski definition) is 9. The highest BCUT2D eigenvalue weighted by atomic mass is 32.1. The number of aryl methyl sites for hydroxylation is 1. The van der Waals surface area contributed by atoms with E-state index >= 15 is 0 Å². The molecule has 0 saturated carbocycles. The van der Waals surface area contributed by atoms with Crippen molar-refractivity contribution in [2.75, 3.05) is 45.4 Å². The Morgan fingerprint density at radius 2 is 1.67 bits per heavy atom. The first-order valence-corrected chi connectivity index (χ1v) is 21.0. The van der Waals surface area contributed by atoms with E-state index in [9.17, 15) is 14.4 Å². The van der Waals surface area contributed by atoms with Crippen LogP contribution in [-0.2, 0) is 25.7 Å². The second kappa shape index (κ2) is 19.4. The summed E-state index contributed by atoms with van der Waals surface area (Å²) in [6, 6.07) is 25.1. The molecular formula is C46H56N6O5S. The van der Waals surface area contributed by atoms with Gasteiger partial charge < -0.3 is 29.9 Å². The van der Waals surface area contributed by atoms with Gasteiger partial charge in [0.05, 0.1) is 33.9 Å². The van der Waals surface area contributed by atoms with Crippen LogP contribution in [0.25, 0.3) is 32.6 Å². The van der Waals surface area contributed by atoms with Gasteiger partial charge in [-0.05, 0) is 92.0 Å². The zero-order valence-electron chi connectivity index (χ0n) is 34.5. The zero-order chi connectivity index (χ0) is 41.2. The molecule has 3 heterocycles. The third kappa shape index (κ3) is 11.0. The smallest absolute Gasteiger partial charge is 0.246 e. The molecule has 306 valence electrons. The molecular weight excluding hydrogens is 749 g/mol. The number of carbonyl (C=O) groups excluding carboxylic acids is 3. The number of anilines is 1. The number of fused-ring (bicyclic) bond motifs is 1. The highest BCUT2D eigenvalue weighted by molar-refractivity contribution is 7.13. The summed E-state index contributed by atoms with van der Waals surface area (Å²) in [5.41, 5.74) is 8.41. The number of thiazole rings is 1. The molecule has 0 aliphatic carbocycles. The number of nitrogens with zero attached hydrogens (tertiary/aromatic N) is 4. The van der Waals surface area contributed by atoms with Gasteiger partial charge in [-0.1, -0.05) is 63.2 Å². The van der Waals surface area contributed by atoms with Gasteiger partial charge in [-0.3, -0.25) is 14.4 Å². The quantitative estimate of drug-likeness (QED) is 0.0913. The number of pyridine rings is 1. The standard InChI is InChI=1S/C46H56N6O5S/c1-31-42(58-30-48-31)34-14-12-32(13-15-34)28-47-44(54)40-11-10-24-52(40)45(55)43(46(2,3)4)50-41(53)29-56-25-8-7-9-26-57-37-21-23-39-35(27-37)18-22-38(49-39)33-16-19-36(20-17-33)51(5)6/h12-23,27,30,40,43H,7-11,24-26,28-29H2,1-6H3,(H,47,54)(H,50,53)/t40-,43?/m0/s1. The van der Waals surface area contributed by atoms with E-state index in [1.54, 1.807) is 16.2 Å². The van der Waals surface area contributed by atoms with Crippen LogP contribution in [0.15, 0.2) is 84.4 Å². The van der Waals surface area contributed by atoms with Crippen LogP contribution in [0.5, 0.6) is 5.75 Å². The normalized spacial score (nSPS) is 14.7. The van der Waals surface area contributed by atoms with E-state index in [2.05, 4.69) is 50.8 Å². The van der Waals surface area contributed by atoms with Crippen LogP contribution in [0.1, 0.15) is 64.1 Å². The first-order valence-electron chi connectivity index (χ1n) is 20.1. The van der Waals surface area contributed by atoms with Crippen LogP contribution in [0.2, 0.25) is 0 Å². The van der Waals surface area contributed by atoms with Crippen molar-refractivity contribution in [2.45, 2.75) is 78.4 Å². The fraction of sp³-hybridized carbons (Fsp3) is 0.413. The van der Waals surface area contributed by atoms with E-state index in [0.29, 0.717) is 32.7 Å². The Bertz CT molecular complexity index is 2160. The van der Waals surface area contributed by atoms with E-state index in [4.69, 9.17) is 14.5 Å². The number of nitrogens with one attached hydrogen (secondary N) is 2. The predicted octanol–water partition coefficient (Wildman–Crippen LogP) is 7.80. The van der Waals surface area contributed by atoms with Crippen molar-refractivity contribution >= 4 is 45.6 Å². The van der Waals surface area contributed by atoms with Crippen molar-refractivity contribution in [1.82, 2.24) is 25.5 Å². The molecule has 3 aromatic carbocycles. The lowest BCUT2D eigenvalue weighted by Crippen LogP contribution is -2.58. The molecule has 1 saturated heterocycles. The van der Waals surface area contributed by atoms with Gasteiger partial charge in [-0.2, -0.15) is 0 Å². The number of rotatable bonds is 17. The summed E-state index contributed by atoms with van der Waals surface area (Å²) in [7, 11) is 4.06. The monoisotopic (exact) mass is 804 g/mol. The summed E-state index contributed by atoms with van der Waals surface area (Å²) in [5.74, 6) is 0.0145. The summed E-state index contributed by atoms with van der Waals surface area (Å²) >= 11 is 1.60. The molecule has 2 atom stereocenters. The lowest BCUT2D eigenvalue weighted by atomic mass is 9.85. The number of amides is 3. The molecule has 0 radical (unpaired) electrons. The van der Waals surface area contributed by atoms with E-state index in [1.807, 2.05) is 95.8 Å². The number of ether oxygens (including phenoxy) is 2. The fourth-order valence-electron chi connectivity index (χ4n) is 7.10. The third-order valence-electron chi connectivity index (χ3n) is 10.5. The molecule has 6 rings (SSSR count). The predicted molar refractivity (Wildman–Crippen MR) is 232 cm³/mol. The van der Waals surface area contributed by atoms with Gasteiger partial charge in [0, 0.05) is 50.4 Å². The average Bonchev–Trinajstić information content (AvgIpc) is 3.89. The van der Waals surface area contributed by atoms with Gasteiger partial charge in [0.25, 0.3) is 0 Å². The van der Waals surface area contributed by atoms with Gasteiger partial charge in [0.15, 0.2) is 0 Å². The van der Waals surface area contributed by atoms with E-state index < -0.39 is 17.5 Å². The molecule has 12 heteroatoms. The first kappa shape index (κ1) is 42.3. The topological polar surface area (TPSA) is 126 Å². The number of unbranched alkanes of at least 4 members (excludes halogenated alkanes) is 2. The minimum absolute atomic E-state index is 0.143. The molecule has 1 aliphatic rings. The summed E-state index contributed by atoms with van der Waals surface area (Å²) < 4.78 is 11.7. The maximum atomic E-state index is 13.9. The van der Waals surface area contributed by atoms with Crippen molar-refractivity contribution in [2.24, 2.45) is 5.41 Å². The van der Waals surface area contributed by atoms with Crippen molar-refractivity contribution in [1.29, 1.82) is 0 Å². The lowest BCUT2D eigenvalue weighted by molar-refractivity contribution is -0.144. The van der Waals surface area contributed by atoms with Crippen LogP contribution in [0, 0.1) is 12.3 Å². The van der Waals surface area contributed by atoms with Crippen LogP contribution >= 0.6 is 11.3 Å². The number of aromatic nitrogens is 2. The van der Waals surface area contributed by atoms with E-state index in [0.717, 1.165) is 81.0 Å². The van der Waals surface area contributed by atoms with Crippen molar-refractivity contribution in [3.05, 3.63) is 95.6 Å². The first-order chi connectivity index (χ1) is 27.9. The minimum Gasteiger partial charge on any atom is -0.494 e. The SMILES string of the molecule is Cc1ncsc1-c1ccc(CNC(=O)[C@@H]2CCCN2C(=O)C(NC(=O)COCCCCCOc2ccc3nc(-c4ccc(N(C)C)cc4)ccc3c2)C(C)(C)C)cc1. The Hall–Kier alpha value is -5.33. The van der Waals surface area contributed by atoms with Crippen molar-refractivity contribution in [3.8, 4) is 27.4 Å². The lowest BCUT2D eigenvalue weighted by Gasteiger charge is -2.35. The fourth-order valence-corrected chi connectivity index (χ4v) is 7.91. The summed E-state index contributed by atoms with van der Waals surface area (Å²) in [6.45, 7) is 9.42. The van der Waals surface area contributed by atoms with Crippen LogP contribution in [0.3, 0.4) is 0 Å². The molecule has 1 aliphatic heterocycles.